The molecular formula is C13H16ClN3O2S. The van der Waals surface area contributed by atoms with Crippen molar-refractivity contribution >= 4 is 45.6 Å². The van der Waals surface area contributed by atoms with Crippen LogP contribution in [0.3, 0.4) is 0 Å². The van der Waals surface area contributed by atoms with Crippen LogP contribution in [-0.4, -0.2) is 29.6 Å². The SMILES string of the molecule is Cl.NC[C@H]1CC[C@@H](C(=O)Nc2ccc3ncsc3c2)O1. The number of nitrogens with two attached hydrogens (primary N) is 1. The van der Waals surface area contributed by atoms with Gasteiger partial charge in [0, 0.05) is 12.2 Å². The average molecular weight is 314 g/mol. The minimum absolute atomic E-state index is 0. The minimum atomic E-state index is -0.384. The Balaban J connectivity index is 0.00000147. The lowest BCUT2D eigenvalue weighted by Crippen LogP contribution is -2.29. The van der Waals surface area contributed by atoms with E-state index < -0.39 is 0 Å². The van der Waals surface area contributed by atoms with E-state index in [9.17, 15) is 4.79 Å². The van der Waals surface area contributed by atoms with Gasteiger partial charge in [-0.2, -0.15) is 0 Å². The largest absolute Gasteiger partial charge is 0.364 e. The zero-order valence-electron chi connectivity index (χ0n) is 10.7. The first-order valence-electron chi connectivity index (χ1n) is 6.26. The number of rotatable bonds is 3. The predicted molar refractivity (Wildman–Crippen MR) is 82.4 cm³/mol. The molecule has 0 radical (unpaired) electrons. The number of amides is 1. The Morgan fingerprint density at radius 3 is 3.10 bits per heavy atom. The summed E-state index contributed by atoms with van der Waals surface area (Å²) in [6.07, 6.45) is 1.21. The Hall–Kier alpha value is -1.21. The van der Waals surface area contributed by atoms with Crippen LogP contribution in [0.25, 0.3) is 10.2 Å². The van der Waals surface area contributed by atoms with E-state index in [2.05, 4.69) is 10.3 Å². The first kappa shape index (κ1) is 15.2. The highest BCUT2D eigenvalue weighted by atomic mass is 35.5. The van der Waals surface area contributed by atoms with E-state index in [4.69, 9.17) is 10.5 Å². The summed E-state index contributed by atoms with van der Waals surface area (Å²) in [5.74, 6) is -0.0974. The number of thiazole rings is 1. The molecule has 3 rings (SSSR count). The van der Waals surface area contributed by atoms with Crippen LogP contribution >= 0.6 is 23.7 Å². The zero-order chi connectivity index (χ0) is 13.2. The van der Waals surface area contributed by atoms with Gasteiger partial charge in [0.2, 0.25) is 0 Å². The molecule has 1 aliphatic rings. The monoisotopic (exact) mass is 313 g/mol. The zero-order valence-corrected chi connectivity index (χ0v) is 12.4. The number of hydrogen-bond acceptors (Lipinski definition) is 5. The quantitative estimate of drug-likeness (QED) is 0.910. The van der Waals surface area contributed by atoms with Gasteiger partial charge in [-0.1, -0.05) is 0 Å². The Bertz CT molecular complexity index is 604. The summed E-state index contributed by atoms with van der Waals surface area (Å²) in [7, 11) is 0. The number of ether oxygens (including phenoxy) is 1. The van der Waals surface area contributed by atoms with Gasteiger partial charge < -0.3 is 15.8 Å². The summed E-state index contributed by atoms with van der Waals surface area (Å²) in [6, 6.07) is 5.69. The molecule has 0 unspecified atom stereocenters. The molecule has 0 saturated carbocycles. The molecule has 1 aromatic carbocycles. The molecule has 1 aromatic heterocycles. The summed E-state index contributed by atoms with van der Waals surface area (Å²) < 4.78 is 6.63. The second-order valence-electron chi connectivity index (χ2n) is 4.58. The van der Waals surface area contributed by atoms with E-state index >= 15 is 0 Å². The second-order valence-corrected chi connectivity index (χ2v) is 5.47. The maximum absolute atomic E-state index is 12.1. The fourth-order valence-corrected chi connectivity index (χ4v) is 2.94. The highest BCUT2D eigenvalue weighted by molar-refractivity contribution is 7.16. The van der Waals surface area contributed by atoms with Gasteiger partial charge in [0.1, 0.15) is 6.10 Å². The fourth-order valence-electron chi connectivity index (χ4n) is 2.23. The van der Waals surface area contributed by atoms with Gasteiger partial charge in [-0.15, -0.1) is 23.7 Å². The molecule has 5 nitrogen and oxygen atoms in total. The van der Waals surface area contributed by atoms with Crippen molar-refractivity contribution in [2.45, 2.75) is 25.0 Å². The first-order valence-corrected chi connectivity index (χ1v) is 7.14. The molecule has 20 heavy (non-hydrogen) atoms. The first-order chi connectivity index (χ1) is 9.26. The number of aromatic nitrogens is 1. The number of nitrogens with one attached hydrogen (secondary N) is 1. The number of carbonyl (C=O) groups excluding carboxylic acids is 1. The molecule has 0 bridgehead atoms. The van der Waals surface area contributed by atoms with E-state index in [0.717, 1.165) is 28.7 Å². The van der Waals surface area contributed by atoms with Crippen LogP contribution in [-0.2, 0) is 9.53 Å². The summed E-state index contributed by atoms with van der Waals surface area (Å²) in [6.45, 7) is 0.469. The number of fused-ring (bicyclic) bond motifs is 1. The lowest BCUT2D eigenvalue weighted by atomic mass is 10.2. The Labute approximate surface area is 126 Å². The standard InChI is InChI=1S/C13H15N3O2S.ClH/c14-6-9-2-4-11(18-9)13(17)16-8-1-3-10-12(5-8)19-7-15-10;/h1,3,5,7,9,11H,2,4,6,14H2,(H,16,17);1H/t9-,11+;/m1./s1. The predicted octanol–water partition coefficient (Wildman–Crippen LogP) is 2.16. The topological polar surface area (TPSA) is 77.2 Å². The fraction of sp³-hybridized carbons (Fsp3) is 0.385. The van der Waals surface area contributed by atoms with E-state index in [1.54, 1.807) is 16.8 Å². The van der Waals surface area contributed by atoms with Crippen LogP contribution in [0.4, 0.5) is 5.69 Å². The van der Waals surface area contributed by atoms with Crippen LogP contribution in [0.5, 0.6) is 0 Å². The highest BCUT2D eigenvalue weighted by Gasteiger charge is 2.29. The molecule has 0 spiro atoms. The third kappa shape index (κ3) is 3.09. The normalized spacial score (nSPS) is 21.6. The van der Waals surface area contributed by atoms with E-state index in [1.807, 2.05) is 18.2 Å². The lowest BCUT2D eigenvalue weighted by Gasteiger charge is -2.12. The maximum atomic E-state index is 12.1. The maximum Gasteiger partial charge on any atom is 0.253 e. The van der Waals surface area contributed by atoms with Crippen LogP contribution in [0.2, 0.25) is 0 Å². The van der Waals surface area contributed by atoms with Crippen molar-refractivity contribution in [3.8, 4) is 0 Å². The Morgan fingerprint density at radius 1 is 1.50 bits per heavy atom. The van der Waals surface area contributed by atoms with Gasteiger partial charge in [0.25, 0.3) is 5.91 Å². The number of nitrogens with zero attached hydrogens (tertiary/aromatic N) is 1. The van der Waals surface area contributed by atoms with Crippen LogP contribution < -0.4 is 11.1 Å². The molecule has 108 valence electrons. The van der Waals surface area contributed by atoms with Gasteiger partial charge in [-0.3, -0.25) is 4.79 Å². The van der Waals surface area contributed by atoms with Gasteiger partial charge in [0.15, 0.2) is 0 Å². The molecule has 1 fully saturated rings. The third-order valence-electron chi connectivity index (χ3n) is 3.26. The van der Waals surface area contributed by atoms with Gasteiger partial charge >= 0.3 is 0 Å². The second kappa shape index (κ2) is 6.49. The molecule has 3 N–H and O–H groups in total. The molecule has 2 atom stereocenters. The van der Waals surface area contributed by atoms with E-state index in [-0.39, 0.29) is 30.5 Å². The highest BCUT2D eigenvalue weighted by Crippen LogP contribution is 2.24. The smallest absolute Gasteiger partial charge is 0.253 e. The summed E-state index contributed by atoms with van der Waals surface area (Å²) >= 11 is 1.55. The number of carbonyl (C=O) groups is 1. The summed E-state index contributed by atoms with van der Waals surface area (Å²) in [5.41, 5.74) is 9.06. The van der Waals surface area contributed by atoms with Crippen molar-refractivity contribution in [2.24, 2.45) is 5.73 Å². The van der Waals surface area contributed by atoms with Crippen molar-refractivity contribution < 1.29 is 9.53 Å². The lowest BCUT2D eigenvalue weighted by molar-refractivity contribution is -0.126. The average Bonchev–Trinajstić information content (AvgIpc) is 3.06. The van der Waals surface area contributed by atoms with Crippen LogP contribution in [0.1, 0.15) is 12.8 Å². The molecule has 1 aliphatic heterocycles. The van der Waals surface area contributed by atoms with Gasteiger partial charge in [0.05, 0.1) is 21.8 Å². The van der Waals surface area contributed by atoms with Crippen molar-refractivity contribution in [1.82, 2.24) is 4.98 Å². The molecule has 7 heteroatoms. The number of anilines is 1. The number of hydrogen-bond donors (Lipinski definition) is 2. The molecule has 1 saturated heterocycles. The molecule has 0 aliphatic carbocycles. The van der Waals surface area contributed by atoms with Crippen molar-refractivity contribution in [1.29, 1.82) is 0 Å². The van der Waals surface area contributed by atoms with Gasteiger partial charge in [-0.05, 0) is 31.0 Å². The van der Waals surface area contributed by atoms with Crippen molar-refractivity contribution in [3.63, 3.8) is 0 Å². The third-order valence-corrected chi connectivity index (χ3v) is 4.05. The van der Waals surface area contributed by atoms with E-state index in [0.29, 0.717) is 6.54 Å². The van der Waals surface area contributed by atoms with Crippen molar-refractivity contribution in [3.05, 3.63) is 23.7 Å². The van der Waals surface area contributed by atoms with E-state index in [1.165, 1.54) is 0 Å². The summed E-state index contributed by atoms with van der Waals surface area (Å²) in [4.78, 5) is 16.3. The Kier molecular flexibility index (Phi) is 4.93. The van der Waals surface area contributed by atoms with Crippen molar-refractivity contribution in [2.75, 3.05) is 11.9 Å². The molecular weight excluding hydrogens is 298 g/mol. The minimum Gasteiger partial charge on any atom is -0.364 e. The van der Waals surface area contributed by atoms with Gasteiger partial charge in [-0.25, -0.2) is 4.98 Å². The molecule has 2 heterocycles. The number of halogens is 1. The Morgan fingerprint density at radius 2 is 2.35 bits per heavy atom. The van der Waals surface area contributed by atoms with Crippen LogP contribution in [0.15, 0.2) is 23.7 Å². The summed E-state index contributed by atoms with van der Waals surface area (Å²) in [5, 5.41) is 2.88. The van der Waals surface area contributed by atoms with Crippen LogP contribution in [0, 0.1) is 0 Å². The number of benzene rings is 1. The molecule has 1 amide bonds. The molecule has 2 aromatic rings.